The van der Waals surface area contributed by atoms with Crippen molar-refractivity contribution in [3.05, 3.63) is 249 Å². The second kappa shape index (κ2) is 15.6. The molecule has 0 unspecified atom stereocenters. The summed E-state index contributed by atoms with van der Waals surface area (Å²) < 4.78 is 76.6. The Morgan fingerprint density at radius 2 is 0.689 bits per heavy atom. The van der Waals surface area contributed by atoms with E-state index in [9.17, 15) is 11.0 Å². The monoisotopic (exact) mass is 783 g/mol. The normalized spacial score (nSPS) is 13.1. The van der Waals surface area contributed by atoms with E-state index in [0.29, 0.717) is 16.8 Å². The van der Waals surface area contributed by atoms with Crippen molar-refractivity contribution in [3.8, 4) is 55.6 Å². The molecule has 0 atom stereocenters. The maximum absolute atomic E-state index is 9.66. The fourth-order valence-electron chi connectivity index (χ4n) is 8.27. The highest BCUT2D eigenvalue weighted by atomic mass is 15.1. The molecule has 0 aromatic heterocycles. The molecule has 11 aromatic rings. The molecular formula is C60H41N. The van der Waals surface area contributed by atoms with Crippen LogP contribution >= 0.6 is 0 Å². The van der Waals surface area contributed by atoms with Crippen LogP contribution < -0.4 is 4.90 Å². The van der Waals surface area contributed by atoms with Crippen molar-refractivity contribution < 1.29 is 11.0 Å². The van der Waals surface area contributed by atoms with E-state index in [1.165, 1.54) is 4.90 Å². The number of anilines is 3. The summed E-state index contributed by atoms with van der Waals surface area (Å²) in [6.07, 6.45) is 0. The summed E-state index contributed by atoms with van der Waals surface area (Å²) >= 11 is 0. The molecule has 1 nitrogen and oxygen atoms in total. The molecule has 11 aromatic carbocycles. The van der Waals surface area contributed by atoms with Gasteiger partial charge in [-0.15, -0.1) is 0 Å². The summed E-state index contributed by atoms with van der Waals surface area (Å²) in [4.78, 5) is 1.36. The van der Waals surface area contributed by atoms with E-state index in [2.05, 4.69) is 24.3 Å². The van der Waals surface area contributed by atoms with Gasteiger partial charge in [0.1, 0.15) is 0 Å². The average Bonchev–Trinajstić information content (AvgIpc) is 3.39. The molecule has 0 saturated carbocycles. The van der Waals surface area contributed by atoms with Crippen molar-refractivity contribution in [3.63, 3.8) is 0 Å². The largest absolute Gasteiger partial charge is 0.311 e. The third-order valence-electron chi connectivity index (χ3n) is 11.4. The number of rotatable bonds is 8. The van der Waals surface area contributed by atoms with Crippen molar-refractivity contribution >= 4 is 49.4 Å². The predicted molar refractivity (Wildman–Crippen MR) is 261 cm³/mol. The Bertz CT molecular complexity index is 3750. The lowest BCUT2D eigenvalue weighted by molar-refractivity contribution is 1.28. The number of nitrogens with zero attached hydrogens (tertiary/aromatic N) is 1. The summed E-state index contributed by atoms with van der Waals surface area (Å²) in [5.41, 5.74) is 6.92. The Balaban J connectivity index is 1.07. The molecule has 0 amide bonds. The third-order valence-corrected chi connectivity index (χ3v) is 11.4. The van der Waals surface area contributed by atoms with Crippen LogP contribution in [-0.2, 0) is 0 Å². The molecule has 0 aliphatic carbocycles. The van der Waals surface area contributed by atoms with Gasteiger partial charge in [0.25, 0.3) is 0 Å². The lowest BCUT2D eigenvalue weighted by Gasteiger charge is -2.26. The van der Waals surface area contributed by atoms with E-state index >= 15 is 0 Å². The van der Waals surface area contributed by atoms with Gasteiger partial charge in [0.2, 0.25) is 0 Å². The van der Waals surface area contributed by atoms with Gasteiger partial charge in [0.05, 0.1) is 11.0 Å². The van der Waals surface area contributed by atoms with Crippen molar-refractivity contribution in [1.29, 1.82) is 0 Å². The predicted octanol–water partition coefficient (Wildman–Crippen LogP) is 17.0. The molecule has 61 heavy (non-hydrogen) atoms. The SMILES string of the molecule is [2H]c1c([2H])c(N(c2ccc(-c3ccc(-c4ccccc4)cc3)cc2)c2c([2H])c([2H])c(-c3ccc4c(ccc5ccccc54)c3)c([2H])c2[2H])c([2H])c([2H])c1-c1cccc(-c2cccc3ccccc23)c1. The highest BCUT2D eigenvalue weighted by Gasteiger charge is 2.15. The van der Waals surface area contributed by atoms with Crippen molar-refractivity contribution in [2.45, 2.75) is 0 Å². The fraction of sp³-hybridized carbons (Fsp3) is 0. The Labute approximate surface area is 368 Å². The van der Waals surface area contributed by atoms with Gasteiger partial charge in [-0.05, 0) is 136 Å². The minimum Gasteiger partial charge on any atom is -0.311 e. The van der Waals surface area contributed by atoms with E-state index in [1.54, 1.807) is 18.2 Å². The molecule has 0 fully saturated rings. The van der Waals surface area contributed by atoms with Crippen LogP contribution in [0.25, 0.3) is 88.0 Å². The summed E-state index contributed by atoms with van der Waals surface area (Å²) in [7, 11) is 0. The molecule has 0 radical (unpaired) electrons. The van der Waals surface area contributed by atoms with Gasteiger partial charge < -0.3 is 4.90 Å². The number of hydrogen-bond donors (Lipinski definition) is 0. The molecule has 11 rings (SSSR count). The summed E-state index contributed by atoms with van der Waals surface area (Å²) in [6, 6.07) is 62.0. The smallest absolute Gasteiger partial charge is 0.0645 e. The van der Waals surface area contributed by atoms with Crippen LogP contribution in [0.3, 0.4) is 0 Å². The van der Waals surface area contributed by atoms with Crippen LogP contribution in [0.5, 0.6) is 0 Å². The average molecular weight is 784 g/mol. The Kier molecular flexibility index (Phi) is 7.29. The minimum atomic E-state index is -0.398. The third kappa shape index (κ3) is 7.03. The Morgan fingerprint density at radius 3 is 1.36 bits per heavy atom. The van der Waals surface area contributed by atoms with Crippen LogP contribution in [0.4, 0.5) is 17.1 Å². The van der Waals surface area contributed by atoms with Gasteiger partial charge in [-0.1, -0.05) is 200 Å². The number of hydrogen-bond acceptors (Lipinski definition) is 1. The molecule has 0 heterocycles. The minimum absolute atomic E-state index is 0.101. The maximum atomic E-state index is 9.66. The van der Waals surface area contributed by atoms with Crippen molar-refractivity contribution in [2.24, 2.45) is 0 Å². The molecule has 0 saturated heterocycles. The molecule has 0 aliphatic rings. The van der Waals surface area contributed by atoms with Gasteiger partial charge in [-0.3, -0.25) is 0 Å². The molecule has 1 heteroatoms. The lowest BCUT2D eigenvalue weighted by atomic mass is 9.95. The van der Waals surface area contributed by atoms with Crippen LogP contribution in [0.2, 0.25) is 0 Å². The van der Waals surface area contributed by atoms with Gasteiger partial charge in [-0.25, -0.2) is 0 Å². The highest BCUT2D eigenvalue weighted by Crippen LogP contribution is 2.39. The first-order valence-electron chi connectivity index (χ1n) is 24.3. The highest BCUT2D eigenvalue weighted by molar-refractivity contribution is 6.08. The molecule has 0 spiro atoms. The van der Waals surface area contributed by atoms with Gasteiger partial charge in [-0.2, -0.15) is 0 Å². The summed E-state index contributed by atoms with van der Waals surface area (Å²) in [5, 5.41) is 6.13. The zero-order chi connectivity index (χ0) is 47.5. The second-order valence-electron chi connectivity index (χ2n) is 15.1. The molecule has 0 aliphatic heterocycles. The first-order valence-corrected chi connectivity index (χ1v) is 20.3. The van der Waals surface area contributed by atoms with E-state index in [4.69, 9.17) is 0 Å². The Morgan fingerprint density at radius 1 is 0.246 bits per heavy atom. The summed E-state index contributed by atoms with van der Waals surface area (Å²) in [5.74, 6) is 0. The van der Waals surface area contributed by atoms with Crippen LogP contribution in [0.1, 0.15) is 11.0 Å². The van der Waals surface area contributed by atoms with E-state index < -0.39 is 24.2 Å². The Hall–Kier alpha value is -8.00. The first-order chi connectivity index (χ1) is 33.6. The second-order valence-corrected chi connectivity index (χ2v) is 15.1. The lowest BCUT2D eigenvalue weighted by Crippen LogP contribution is -2.09. The van der Waals surface area contributed by atoms with Gasteiger partial charge in [0.15, 0.2) is 0 Å². The molecule has 286 valence electrons. The van der Waals surface area contributed by atoms with Gasteiger partial charge >= 0.3 is 0 Å². The maximum Gasteiger partial charge on any atom is 0.0645 e. The number of benzene rings is 11. The van der Waals surface area contributed by atoms with E-state index in [-0.39, 0.29) is 46.7 Å². The zero-order valence-corrected chi connectivity index (χ0v) is 33.0. The van der Waals surface area contributed by atoms with Crippen LogP contribution in [0.15, 0.2) is 249 Å². The van der Waals surface area contributed by atoms with Crippen molar-refractivity contribution in [1.82, 2.24) is 0 Å². The van der Waals surface area contributed by atoms with Crippen LogP contribution in [-0.4, -0.2) is 0 Å². The summed E-state index contributed by atoms with van der Waals surface area (Å²) in [6.45, 7) is 0. The van der Waals surface area contributed by atoms with Crippen molar-refractivity contribution in [2.75, 3.05) is 4.90 Å². The molecule has 0 bridgehead atoms. The quantitative estimate of drug-likeness (QED) is 0.139. The zero-order valence-electron chi connectivity index (χ0n) is 41.0. The number of fused-ring (bicyclic) bond motifs is 4. The molecular weight excluding hydrogens is 735 g/mol. The molecule has 0 N–H and O–H groups in total. The van der Waals surface area contributed by atoms with Crippen LogP contribution in [0, 0.1) is 0 Å². The first kappa shape index (κ1) is 28.4. The topological polar surface area (TPSA) is 3.24 Å². The standard InChI is InChI=1S/C60H41N/c1-2-10-42(11-3-1)43-20-22-44(23-21-43)45-26-33-54(34-27-45)61(56-37-30-47(31-38-56)51-32-39-60-53(41-51)25-24-49-13-5-7-18-58(49)60)55-35-28-46(29-36-55)50-15-8-16-52(40-50)59-19-9-14-48-12-4-6-17-57(48)59/h1-41H/i28D,29D,30D,31D,35D,36D,37D,38D. The van der Waals surface area contributed by atoms with Gasteiger partial charge in [0, 0.05) is 17.1 Å². The van der Waals surface area contributed by atoms with E-state index in [0.717, 1.165) is 65.7 Å². The fourth-order valence-corrected chi connectivity index (χ4v) is 8.27. The van der Waals surface area contributed by atoms with E-state index in [1.807, 2.05) is 158 Å².